The molecular weight excluding hydrogens is 358 g/mol. The summed E-state index contributed by atoms with van der Waals surface area (Å²) < 4.78 is 0.819. The number of aromatic nitrogens is 1. The molecule has 0 spiro atoms. The lowest BCUT2D eigenvalue weighted by Crippen LogP contribution is -2.20. The van der Waals surface area contributed by atoms with Crippen LogP contribution in [0.3, 0.4) is 0 Å². The number of nitrogens with one attached hydrogen (secondary N) is 2. The number of carboxylic acid groups (broad SMARTS) is 1. The average Bonchev–Trinajstić information content (AvgIpc) is 2.83. The van der Waals surface area contributed by atoms with Crippen molar-refractivity contribution in [2.75, 3.05) is 10.6 Å². The first-order valence-corrected chi connectivity index (χ1v) is 7.64. The van der Waals surface area contributed by atoms with Gasteiger partial charge in [-0.25, -0.2) is 9.78 Å². The van der Waals surface area contributed by atoms with Crippen molar-refractivity contribution in [1.29, 1.82) is 0 Å². The summed E-state index contributed by atoms with van der Waals surface area (Å²) in [5, 5.41) is 14.5. The normalized spacial score (nSPS) is 10.1. The van der Waals surface area contributed by atoms with Crippen LogP contribution in [0.15, 0.2) is 34.2 Å². The Hall–Kier alpha value is -1.93. The fraction of sp³-hybridized carbons (Fsp3) is 0.154. The maximum atomic E-state index is 11.9. The van der Waals surface area contributed by atoms with Gasteiger partial charge in [-0.1, -0.05) is 29.5 Å². The van der Waals surface area contributed by atoms with Crippen LogP contribution in [0, 0.1) is 0 Å². The van der Waals surface area contributed by atoms with Gasteiger partial charge < -0.3 is 10.4 Å². The summed E-state index contributed by atoms with van der Waals surface area (Å²) in [5.41, 5.74) is 1.36. The van der Waals surface area contributed by atoms with Gasteiger partial charge in [-0.15, -0.1) is 0 Å². The Kier molecular flexibility index (Phi) is 5.29. The van der Waals surface area contributed by atoms with E-state index in [2.05, 4.69) is 31.5 Å². The highest BCUT2D eigenvalue weighted by Gasteiger charge is 2.09. The molecule has 0 bridgehead atoms. The fourth-order valence-electron chi connectivity index (χ4n) is 1.66. The number of halogens is 1. The number of aliphatic carboxylic acids is 1. The molecule has 1 aromatic carbocycles. The number of nitrogens with zero attached hydrogens (tertiary/aromatic N) is 1. The SMILES string of the molecule is O=C(O)CCc1ccccc1NC(=O)Nc1ncc(Br)s1. The number of amides is 2. The average molecular weight is 370 g/mol. The van der Waals surface area contributed by atoms with E-state index in [1.165, 1.54) is 11.3 Å². The van der Waals surface area contributed by atoms with Gasteiger partial charge in [0.2, 0.25) is 0 Å². The number of rotatable bonds is 5. The van der Waals surface area contributed by atoms with E-state index in [4.69, 9.17) is 5.11 Å². The minimum Gasteiger partial charge on any atom is -0.481 e. The summed E-state index contributed by atoms with van der Waals surface area (Å²) in [6.45, 7) is 0. The molecule has 0 aliphatic carbocycles. The van der Waals surface area contributed by atoms with Crippen molar-refractivity contribution in [2.24, 2.45) is 0 Å². The highest BCUT2D eigenvalue weighted by Crippen LogP contribution is 2.23. The molecule has 6 nitrogen and oxygen atoms in total. The van der Waals surface area contributed by atoms with Crippen LogP contribution in [0.25, 0.3) is 0 Å². The Bertz CT molecular complexity index is 660. The Balaban J connectivity index is 2.01. The minimum absolute atomic E-state index is 0.0136. The Morgan fingerprint density at radius 1 is 1.29 bits per heavy atom. The maximum Gasteiger partial charge on any atom is 0.325 e. The van der Waals surface area contributed by atoms with E-state index in [0.717, 1.165) is 9.35 Å². The topological polar surface area (TPSA) is 91.3 Å². The molecule has 0 aliphatic heterocycles. The summed E-state index contributed by atoms with van der Waals surface area (Å²) in [6, 6.07) is 6.69. The number of urea groups is 1. The number of hydrogen-bond donors (Lipinski definition) is 3. The van der Waals surface area contributed by atoms with Crippen molar-refractivity contribution < 1.29 is 14.7 Å². The van der Waals surface area contributed by atoms with Crippen molar-refractivity contribution in [3.63, 3.8) is 0 Å². The number of carbonyl (C=O) groups excluding carboxylic acids is 1. The summed E-state index contributed by atoms with van der Waals surface area (Å²) in [7, 11) is 0. The van der Waals surface area contributed by atoms with Gasteiger partial charge in [0.25, 0.3) is 0 Å². The van der Waals surface area contributed by atoms with Crippen molar-refractivity contribution >= 4 is 50.1 Å². The van der Waals surface area contributed by atoms with Crippen LogP contribution >= 0.6 is 27.3 Å². The minimum atomic E-state index is -0.873. The molecule has 0 atom stereocenters. The molecule has 0 radical (unpaired) electrons. The Labute approximate surface area is 133 Å². The number of carbonyl (C=O) groups is 2. The van der Waals surface area contributed by atoms with Gasteiger partial charge in [0.15, 0.2) is 5.13 Å². The smallest absolute Gasteiger partial charge is 0.325 e. The number of anilines is 2. The van der Waals surface area contributed by atoms with Crippen LogP contribution < -0.4 is 10.6 Å². The largest absolute Gasteiger partial charge is 0.481 e. The van der Waals surface area contributed by atoms with Gasteiger partial charge in [0.1, 0.15) is 0 Å². The molecule has 2 amide bonds. The van der Waals surface area contributed by atoms with E-state index in [1.54, 1.807) is 30.5 Å². The van der Waals surface area contributed by atoms with Crippen LogP contribution in [0.5, 0.6) is 0 Å². The predicted octanol–water partition coefficient (Wildman–Crippen LogP) is 3.57. The van der Waals surface area contributed by atoms with E-state index in [-0.39, 0.29) is 6.42 Å². The lowest BCUT2D eigenvalue weighted by Gasteiger charge is -2.10. The summed E-state index contributed by atoms with van der Waals surface area (Å²) in [4.78, 5) is 26.5. The van der Waals surface area contributed by atoms with Gasteiger partial charge in [0.05, 0.1) is 9.98 Å². The van der Waals surface area contributed by atoms with E-state index in [9.17, 15) is 9.59 Å². The zero-order valence-electron chi connectivity index (χ0n) is 10.8. The summed E-state index contributed by atoms with van der Waals surface area (Å²) in [6.07, 6.45) is 1.97. The van der Waals surface area contributed by atoms with Crippen LogP contribution in [0.1, 0.15) is 12.0 Å². The third-order valence-electron chi connectivity index (χ3n) is 2.57. The van der Waals surface area contributed by atoms with Gasteiger partial charge in [-0.2, -0.15) is 0 Å². The third-order valence-corrected chi connectivity index (χ3v) is 3.96. The van der Waals surface area contributed by atoms with E-state index in [0.29, 0.717) is 17.2 Å². The van der Waals surface area contributed by atoms with Crippen molar-refractivity contribution in [3.8, 4) is 0 Å². The highest BCUT2D eigenvalue weighted by molar-refractivity contribution is 9.11. The molecule has 21 heavy (non-hydrogen) atoms. The third kappa shape index (κ3) is 4.83. The van der Waals surface area contributed by atoms with E-state index < -0.39 is 12.0 Å². The molecular formula is C13H12BrN3O3S. The molecule has 1 aromatic heterocycles. The number of hydrogen-bond acceptors (Lipinski definition) is 4. The molecule has 110 valence electrons. The highest BCUT2D eigenvalue weighted by atomic mass is 79.9. The monoisotopic (exact) mass is 369 g/mol. The molecule has 1 heterocycles. The van der Waals surface area contributed by atoms with Crippen molar-refractivity contribution in [1.82, 2.24) is 4.98 Å². The zero-order valence-corrected chi connectivity index (χ0v) is 13.2. The molecule has 3 N–H and O–H groups in total. The van der Waals surface area contributed by atoms with Crippen LogP contribution in [-0.4, -0.2) is 22.1 Å². The van der Waals surface area contributed by atoms with Crippen molar-refractivity contribution in [3.05, 3.63) is 39.8 Å². The number of aryl methyl sites for hydroxylation is 1. The van der Waals surface area contributed by atoms with Gasteiger partial charge >= 0.3 is 12.0 Å². The number of carboxylic acids is 1. The molecule has 0 aliphatic rings. The number of benzene rings is 1. The lowest BCUT2D eigenvalue weighted by atomic mass is 10.1. The molecule has 2 aromatic rings. The van der Waals surface area contributed by atoms with E-state index >= 15 is 0 Å². The first-order chi connectivity index (χ1) is 10.0. The first kappa shape index (κ1) is 15.5. The summed E-state index contributed by atoms with van der Waals surface area (Å²) in [5.74, 6) is -0.873. The van der Waals surface area contributed by atoms with Gasteiger partial charge in [-0.3, -0.25) is 10.1 Å². The van der Waals surface area contributed by atoms with Gasteiger partial charge in [0, 0.05) is 12.1 Å². The molecule has 0 unspecified atom stereocenters. The predicted molar refractivity (Wildman–Crippen MR) is 84.9 cm³/mol. The van der Waals surface area contributed by atoms with Crippen molar-refractivity contribution in [2.45, 2.75) is 12.8 Å². The zero-order chi connectivity index (χ0) is 15.2. The Morgan fingerprint density at radius 2 is 2.05 bits per heavy atom. The van der Waals surface area contributed by atoms with Crippen LogP contribution in [0.4, 0.5) is 15.6 Å². The molecule has 2 rings (SSSR count). The fourth-order valence-corrected chi connectivity index (χ4v) is 2.77. The number of thiazole rings is 1. The Morgan fingerprint density at radius 3 is 2.71 bits per heavy atom. The maximum absolute atomic E-state index is 11.9. The second-order valence-corrected chi connectivity index (χ2v) is 6.51. The van der Waals surface area contributed by atoms with Crippen LogP contribution in [0.2, 0.25) is 0 Å². The molecule has 0 saturated carbocycles. The molecule has 8 heteroatoms. The lowest BCUT2D eigenvalue weighted by molar-refractivity contribution is -0.136. The van der Waals surface area contributed by atoms with Crippen LogP contribution in [-0.2, 0) is 11.2 Å². The standard InChI is InChI=1S/C13H12BrN3O3S/c14-10-7-15-13(21-10)17-12(20)16-9-4-2-1-3-8(9)5-6-11(18)19/h1-4,7H,5-6H2,(H,18,19)(H2,15,16,17,20). The van der Waals surface area contributed by atoms with E-state index in [1.807, 2.05) is 0 Å². The second-order valence-electron chi connectivity index (χ2n) is 4.10. The molecule has 0 saturated heterocycles. The summed E-state index contributed by atoms with van der Waals surface area (Å²) >= 11 is 4.56. The first-order valence-electron chi connectivity index (χ1n) is 6.03. The number of para-hydroxylation sites is 1. The second kappa shape index (κ2) is 7.19. The van der Waals surface area contributed by atoms with Gasteiger partial charge in [-0.05, 0) is 34.0 Å². The quantitative estimate of drug-likeness (QED) is 0.751. The molecule has 0 fully saturated rings.